The molecule has 4 heteroatoms. The van der Waals surface area contributed by atoms with Gasteiger partial charge in [0.2, 0.25) is 0 Å². The Hall–Kier alpha value is -0.390. The van der Waals surface area contributed by atoms with Crippen molar-refractivity contribution < 1.29 is 8.78 Å². The number of aryl methyl sites for hydroxylation is 2. The number of pyridine rings is 1. The standard InChI is InChI=1S/C11H14F2IN/c1-4-5-9-6-7-10(15-8(9)2)11(12,13)14-3/h6-7H,3-5H2,1-2H3. The van der Waals surface area contributed by atoms with Crippen molar-refractivity contribution in [1.82, 2.24) is 4.98 Å². The maximum atomic E-state index is 13.3. The van der Waals surface area contributed by atoms with Crippen molar-refractivity contribution in [3.05, 3.63) is 29.1 Å². The third-order valence-electron chi connectivity index (χ3n) is 2.17. The maximum absolute atomic E-state index is 13.3. The van der Waals surface area contributed by atoms with Gasteiger partial charge < -0.3 is 0 Å². The average Bonchev–Trinajstić information content (AvgIpc) is 2.21. The lowest BCUT2D eigenvalue weighted by molar-refractivity contribution is 0.122. The number of rotatable bonds is 4. The van der Waals surface area contributed by atoms with Crippen molar-refractivity contribution >= 4 is 25.2 Å². The van der Waals surface area contributed by atoms with Crippen LogP contribution in [0.1, 0.15) is 30.3 Å². The van der Waals surface area contributed by atoms with Crippen LogP contribution < -0.4 is 0 Å². The molecule has 0 aliphatic carbocycles. The second-order valence-corrected chi connectivity index (χ2v) is 5.44. The van der Waals surface area contributed by atoms with E-state index < -0.39 is 24.7 Å². The fraction of sp³-hybridized carbons (Fsp3) is 0.455. The van der Waals surface area contributed by atoms with E-state index in [9.17, 15) is 8.78 Å². The third-order valence-corrected chi connectivity index (χ3v) is 3.68. The molecule has 0 aliphatic heterocycles. The predicted molar refractivity (Wildman–Crippen MR) is 68.0 cm³/mol. The molecule has 0 fully saturated rings. The van der Waals surface area contributed by atoms with Crippen molar-refractivity contribution in [3.8, 4) is 0 Å². The number of halogens is 3. The van der Waals surface area contributed by atoms with Crippen molar-refractivity contribution in [1.29, 1.82) is 0 Å². The highest BCUT2D eigenvalue weighted by Gasteiger charge is 2.29. The fourth-order valence-electron chi connectivity index (χ4n) is 1.35. The summed E-state index contributed by atoms with van der Waals surface area (Å²) in [5, 5.41) is 0. The molecular formula is C11H14F2IN. The van der Waals surface area contributed by atoms with Gasteiger partial charge in [-0.25, -0.2) is 0 Å². The van der Waals surface area contributed by atoms with Crippen LogP contribution in [0.15, 0.2) is 12.1 Å². The van der Waals surface area contributed by atoms with E-state index in [2.05, 4.69) is 16.4 Å². The monoisotopic (exact) mass is 325 g/mol. The molecule has 1 aromatic heterocycles. The molecular weight excluding hydrogens is 311 g/mol. The van der Waals surface area contributed by atoms with Crippen LogP contribution in [0, 0.1) is 6.92 Å². The summed E-state index contributed by atoms with van der Waals surface area (Å²) in [5.41, 5.74) is 1.65. The Balaban J connectivity index is 3.06. The van der Waals surface area contributed by atoms with E-state index in [-0.39, 0.29) is 5.69 Å². The van der Waals surface area contributed by atoms with Gasteiger partial charge in [-0.15, -0.1) is 0 Å². The molecule has 0 spiro atoms. The van der Waals surface area contributed by atoms with Gasteiger partial charge >= 0.3 is 3.93 Å². The van der Waals surface area contributed by atoms with Gasteiger partial charge in [-0.3, -0.25) is 4.98 Å². The molecule has 84 valence electrons. The molecule has 0 aliphatic rings. The first-order chi connectivity index (χ1) is 7.01. The van der Waals surface area contributed by atoms with Gasteiger partial charge in [-0.1, -0.05) is 23.9 Å². The van der Waals surface area contributed by atoms with E-state index in [1.165, 1.54) is 6.07 Å². The molecule has 0 radical (unpaired) electrons. The zero-order chi connectivity index (χ0) is 11.5. The summed E-state index contributed by atoms with van der Waals surface area (Å²) in [7, 11) is 0. The quantitative estimate of drug-likeness (QED) is 0.606. The minimum absolute atomic E-state index is 0.123. The third kappa shape index (κ3) is 3.03. The van der Waals surface area contributed by atoms with Gasteiger partial charge in [0.25, 0.3) is 0 Å². The Morgan fingerprint density at radius 2 is 2.13 bits per heavy atom. The van der Waals surface area contributed by atoms with Crippen LogP contribution in [-0.4, -0.2) is 9.50 Å². The molecule has 1 heterocycles. The van der Waals surface area contributed by atoms with Gasteiger partial charge in [-0.05, 0) is 45.7 Å². The zero-order valence-corrected chi connectivity index (χ0v) is 11.0. The van der Waals surface area contributed by atoms with Gasteiger partial charge in [0.1, 0.15) is 5.69 Å². The Bertz CT molecular complexity index is 364. The average molecular weight is 325 g/mol. The molecule has 0 aromatic carbocycles. The van der Waals surface area contributed by atoms with Crippen molar-refractivity contribution in [2.75, 3.05) is 0 Å². The van der Waals surface area contributed by atoms with Gasteiger partial charge in [0.05, 0.1) is 0 Å². The van der Waals surface area contributed by atoms with E-state index in [4.69, 9.17) is 0 Å². The zero-order valence-electron chi connectivity index (χ0n) is 8.86. The van der Waals surface area contributed by atoms with Gasteiger partial charge in [0, 0.05) is 5.69 Å². The number of aromatic nitrogens is 1. The van der Waals surface area contributed by atoms with E-state index in [0.717, 1.165) is 18.4 Å². The molecule has 0 atom stereocenters. The van der Waals surface area contributed by atoms with Gasteiger partial charge in [-0.2, -0.15) is 8.78 Å². The lowest BCUT2D eigenvalue weighted by Gasteiger charge is -2.12. The number of alkyl halides is 3. The van der Waals surface area contributed by atoms with Crippen molar-refractivity contribution in [2.45, 2.75) is 30.6 Å². The van der Waals surface area contributed by atoms with Crippen LogP contribution in [0.25, 0.3) is 0 Å². The van der Waals surface area contributed by atoms with E-state index in [1.54, 1.807) is 13.0 Å². The summed E-state index contributed by atoms with van der Waals surface area (Å²) in [6.45, 7) is 3.84. The molecule has 1 rings (SSSR count). The molecule has 0 saturated carbocycles. The molecule has 1 nitrogen and oxygen atoms in total. The first-order valence-electron chi connectivity index (χ1n) is 4.75. The SMILES string of the molecule is C=IC(F)(F)c1ccc(CCC)c(C)n1. The normalized spacial score (nSPS) is 11.7. The highest BCUT2D eigenvalue weighted by molar-refractivity contribution is 14.2. The Morgan fingerprint density at radius 3 is 2.60 bits per heavy atom. The van der Waals surface area contributed by atoms with Crippen LogP contribution in [0.3, 0.4) is 0 Å². The summed E-state index contributed by atoms with van der Waals surface area (Å²) >= 11 is -1.39. The smallest absolute Gasteiger partial charge is 0.251 e. The molecule has 0 saturated heterocycles. The lowest BCUT2D eigenvalue weighted by Crippen LogP contribution is -2.08. The van der Waals surface area contributed by atoms with Crippen molar-refractivity contribution in [2.24, 2.45) is 0 Å². The van der Waals surface area contributed by atoms with E-state index >= 15 is 0 Å². The Kier molecular flexibility index (Phi) is 4.31. The Labute approximate surface area is 98.7 Å². The van der Waals surface area contributed by atoms with E-state index in [0.29, 0.717) is 5.69 Å². The summed E-state index contributed by atoms with van der Waals surface area (Å²) < 4.78 is 27.2. The molecule has 15 heavy (non-hydrogen) atoms. The highest BCUT2D eigenvalue weighted by atomic mass is 127. The molecule has 0 amide bonds. The first-order valence-corrected chi connectivity index (χ1v) is 7.36. The summed E-state index contributed by atoms with van der Waals surface area (Å²) in [5.74, 6) is 0. The predicted octanol–water partition coefficient (Wildman–Crippen LogP) is 3.79. The maximum Gasteiger partial charge on any atom is 0.332 e. The summed E-state index contributed by atoms with van der Waals surface area (Å²) in [6, 6.07) is 3.19. The number of hydrogen-bond donors (Lipinski definition) is 0. The fourth-order valence-corrected chi connectivity index (χ4v) is 2.04. The molecule has 0 N–H and O–H groups in total. The van der Waals surface area contributed by atoms with Crippen LogP contribution >= 0.6 is 20.7 Å². The van der Waals surface area contributed by atoms with Crippen molar-refractivity contribution in [3.63, 3.8) is 0 Å². The first kappa shape index (κ1) is 12.7. The minimum atomic E-state index is -2.80. The number of hydrogen-bond acceptors (Lipinski definition) is 1. The molecule has 0 unspecified atom stereocenters. The largest absolute Gasteiger partial charge is 0.332 e. The lowest BCUT2D eigenvalue weighted by atomic mass is 10.1. The van der Waals surface area contributed by atoms with Crippen LogP contribution in [0.5, 0.6) is 0 Å². The van der Waals surface area contributed by atoms with E-state index in [1.807, 2.05) is 0 Å². The topological polar surface area (TPSA) is 12.9 Å². The van der Waals surface area contributed by atoms with Crippen LogP contribution in [0.4, 0.5) is 8.78 Å². The summed E-state index contributed by atoms with van der Waals surface area (Å²) in [6.07, 6.45) is 1.89. The number of nitrogens with zero attached hydrogens (tertiary/aromatic N) is 1. The van der Waals surface area contributed by atoms with Crippen LogP contribution in [0.2, 0.25) is 0 Å². The molecule has 0 bridgehead atoms. The summed E-state index contributed by atoms with van der Waals surface area (Å²) in [4.78, 5) is 3.97. The molecule has 1 aromatic rings. The van der Waals surface area contributed by atoms with Crippen LogP contribution in [-0.2, 0) is 10.4 Å². The minimum Gasteiger partial charge on any atom is -0.251 e. The van der Waals surface area contributed by atoms with Gasteiger partial charge in [0.15, 0.2) is 0 Å². The highest BCUT2D eigenvalue weighted by Crippen LogP contribution is 2.37. The second kappa shape index (κ2) is 5.09. The second-order valence-electron chi connectivity index (χ2n) is 3.32. The Morgan fingerprint density at radius 1 is 1.47 bits per heavy atom.